The van der Waals surface area contributed by atoms with Crippen molar-refractivity contribution in [2.24, 2.45) is 0 Å². The lowest BCUT2D eigenvalue weighted by atomic mass is 9.87. The van der Waals surface area contributed by atoms with Crippen molar-refractivity contribution in [2.75, 3.05) is 30.3 Å². The van der Waals surface area contributed by atoms with Crippen LogP contribution in [0, 0.1) is 0 Å². The monoisotopic (exact) mass is 354 g/mol. The van der Waals surface area contributed by atoms with Crippen LogP contribution in [-0.4, -0.2) is 25.3 Å². The molecule has 2 aromatic rings. The summed E-state index contributed by atoms with van der Waals surface area (Å²) in [5, 5.41) is 0. The quantitative estimate of drug-likeness (QED) is 0.814. The van der Waals surface area contributed by atoms with Crippen LogP contribution in [0.25, 0.3) is 0 Å². The van der Waals surface area contributed by atoms with E-state index in [1.165, 1.54) is 5.56 Å². The highest BCUT2D eigenvalue weighted by Crippen LogP contribution is 2.38. The molecule has 0 radical (unpaired) electrons. The van der Waals surface area contributed by atoms with Gasteiger partial charge < -0.3 is 20.1 Å². The summed E-state index contributed by atoms with van der Waals surface area (Å²) in [7, 11) is 0. The maximum absolute atomic E-state index is 6.08. The molecule has 1 aliphatic heterocycles. The van der Waals surface area contributed by atoms with E-state index in [9.17, 15) is 0 Å². The Kier molecular flexibility index (Phi) is 4.78. The molecule has 0 bridgehead atoms. The molecule has 0 fully saturated rings. The van der Waals surface area contributed by atoms with Gasteiger partial charge in [0.25, 0.3) is 0 Å². The van der Waals surface area contributed by atoms with E-state index < -0.39 is 0 Å². The van der Waals surface area contributed by atoms with E-state index in [0.717, 1.165) is 36.0 Å². The number of nitrogens with two attached hydrogens (primary N) is 1. The predicted octanol–water partition coefficient (Wildman–Crippen LogP) is 4.62. The summed E-state index contributed by atoms with van der Waals surface area (Å²) in [6, 6.07) is 14.2. The smallest absolute Gasteiger partial charge is 0.143 e. The van der Waals surface area contributed by atoms with E-state index in [4.69, 9.17) is 15.2 Å². The largest absolute Gasteiger partial charge is 0.492 e. The molecule has 0 atom stereocenters. The molecule has 4 heteroatoms. The van der Waals surface area contributed by atoms with Gasteiger partial charge in [-0.1, -0.05) is 32.9 Å². The van der Waals surface area contributed by atoms with Gasteiger partial charge in [0.1, 0.15) is 23.7 Å². The predicted molar refractivity (Wildman–Crippen MR) is 108 cm³/mol. The Balaban J connectivity index is 1.65. The number of ether oxygens (including phenoxy) is 2. The molecule has 0 aliphatic carbocycles. The number of nitrogen functional groups attached to an aromatic ring is 1. The summed E-state index contributed by atoms with van der Waals surface area (Å²) in [6.07, 6.45) is 0. The SMILES string of the molecule is CC1(C)CN(CCOc2ccc(C(C)(C)C)cc2)c2cc(N)ccc2O1. The fourth-order valence-electron chi connectivity index (χ4n) is 3.27. The van der Waals surface area contributed by atoms with Crippen molar-refractivity contribution in [1.82, 2.24) is 0 Å². The topological polar surface area (TPSA) is 47.7 Å². The number of anilines is 2. The molecule has 0 saturated carbocycles. The zero-order chi connectivity index (χ0) is 18.9. The van der Waals surface area contributed by atoms with Crippen molar-refractivity contribution in [1.29, 1.82) is 0 Å². The molecule has 0 saturated heterocycles. The Morgan fingerprint density at radius 3 is 2.46 bits per heavy atom. The fourth-order valence-corrected chi connectivity index (χ4v) is 3.27. The second-order valence-corrected chi connectivity index (χ2v) is 8.63. The Morgan fingerprint density at radius 2 is 1.81 bits per heavy atom. The van der Waals surface area contributed by atoms with Gasteiger partial charge in [-0.3, -0.25) is 0 Å². The minimum atomic E-state index is -0.239. The minimum absolute atomic E-state index is 0.154. The van der Waals surface area contributed by atoms with Gasteiger partial charge in [0.05, 0.1) is 18.8 Å². The number of hydrogen-bond acceptors (Lipinski definition) is 4. The van der Waals surface area contributed by atoms with Crippen LogP contribution in [0.15, 0.2) is 42.5 Å². The molecular formula is C22H30N2O2. The standard InChI is InChI=1S/C22H30N2O2/c1-21(2,3)16-6-9-18(10-7-16)25-13-12-24-15-22(4,5)26-20-11-8-17(23)14-19(20)24/h6-11,14H,12-13,15,23H2,1-5H3. The first-order valence-electron chi connectivity index (χ1n) is 9.21. The molecule has 140 valence electrons. The van der Waals surface area contributed by atoms with Crippen LogP contribution < -0.4 is 20.1 Å². The van der Waals surface area contributed by atoms with Gasteiger partial charge in [-0.15, -0.1) is 0 Å². The van der Waals surface area contributed by atoms with Crippen LogP contribution in [0.3, 0.4) is 0 Å². The van der Waals surface area contributed by atoms with Crippen molar-refractivity contribution in [3.63, 3.8) is 0 Å². The van der Waals surface area contributed by atoms with Crippen molar-refractivity contribution in [2.45, 2.75) is 45.6 Å². The van der Waals surface area contributed by atoms with Gasteiger partial charge in [0.15, 0.2) is 0 Å². The van der Waals surface area contributed by atoms with Gasteiger partial charge >= 0.3 is 0 Å². The number of benzene rings is 2. The maximum atomic E-state index is 6.08. The van der Waals surface area contributed by atoms with Gasteiger partial charge in [-0.25, -0.2) is 0 Å². The lowest BCUT2D eigenvalue weighted by Gasteiger charge is -2.41. The first-order valence-corrected chi connectivity index (χ1v) is 9.21. The van der Waals surface area contributed by atoms with Crippen molar-refractivity contribution in [3.8, 4) is 11.5 Å². The zero-order valence-corrected chi connectivity index (χ0v) is 16.5. The highest BCUT2D eigenvalue weighted by Gasteiger charge is 2.31. The van der Waals surface area contributed by atoms with E-state index in [-0.39, 0.29) is 11.0 Å². The molecule has 1 aliphatic rings. The first kappa shape index (κ1) is 18.4. The Bertz CT molecular complexity index is 761. The average Bonchev–Trinajstić information content (AvgIpc) is 2.54. The van der Waals surface area contributed by atoms with Gasteiger partial charge in [0, 0.05) is 5.69 Å². The molecule has 0 aromatic heterocycles. The summed E-state index contributed by atoms with van der Waals surface area (Å²) in [5.74, 6) is 1.78. The first-order chi connectivity index (χ1) is 12.1. The van der Waals surface area contributed by atoms with Gasteiger partial charge in [-0.05, 0) is 55.2 Å². The molecule has 1 heterocycles. The summed E-state index contributed by atoms with van der Waals surface area (Å²) in [5.41, 5.74) is 8.98. The van der Waals surface area contributed by atoms with Crippen LogP contribution in [-0.2, 0) is 5.41 Å². The summed E-state index contributed by atoms with van der Waals surface area (Å²) in [4.78, 5) is 2.29. The normalized spacial score (nSPS) is 16.0. The van der Waals surface area contributed by atoms with Crippen LogP contribution in [0.1, 0.15) is 40.2 Å². The van der Waals surface area contributed by atoms with Gasteiger partial charge in [-0.2, -0.15) is 0 Å². The van der Waals surface area contributed by atoms with Crippen LogP contribution in [0.5, 0.6) is 11.5 Å². The molecule has 26 heavy (non-hydrogen) atoms. The van der Waals surface area contributed by atoms with Crippen LogP contribution >= 0.6 is 0 Å². The molecule has 3 rings (SSSR count). The van der Waals surface area contributed by atoms with E-state index in [0.29, 0.717) is 6.61 Å². The third kappa shape index (κ3) is 4.24. The maximum Gasteiger partial charge on any atom is 0.143 e. The highest BCUT2D eigenvalue weighted by atomic mass is 16.5. The van der Waals surface area contributed by atoms with E-state index >= 15 is 0 Å². The van der Waals surface area contributed by atoms with E-state index in [1.807, 2.05) is 18.2 Å². The molecule has 2 aromatic carbocycles. The van der Waals surface area contributed by atoms with Gasteiger partial charge in [0.2, 0.25) is 0 Å². The van der Waals surface area contributed by atoms with Crippen LogP contribution in [0.4, 0.5) is 11.4 Å². The van der Waals surface area contributed by atoms with Crippen molar-refractivity contribution < 1.29 is 9.47 Å². The summed E-state index contributed by atoms with van der Waals surface area (Å²) in [6.45, 7) is 13.0. The number of nitrogens with zero attached hydrogens (tertiary/aromatic N) is 1. The Hall–Kier alpha value is -2.36. The second-order valence-electron chi connectivity index (χ2n) is 8.63. The molecular weight excluding hydrogens is 324 g/mol. The lowest BCUT2D eigenvalue weighted by molar-refractivity contribution is 0.104. The van der Waals surface area contributed by atoms with Crippen molar-refractivity contribution >= 4 is 11.4 Å². The summed E-state index contributed by atoms with van der Waals surface area (Å²) < 4.78 is 12.1. The second kappa shape index (κ2) is 6.75. The minimum Gasteiger partial charge on any atom is -0.492 e. The van der Waals surface area contributed by atoms with Crippen LogP contribution in [0.2, 0.25) is 0 Å². The molecule has 2 N–H and O–H groups in total. The fraction of sp³-hybridized carbons (Fsp3) is 0.455. The molecule has 4 nitrogen and oxygen atoms in total. The Labute approximate surface area is 156 Å². The van der Waals surface area contributed by atoms with E-state index in [2.05, 4.69) is 63.8 Å². The third-order valence-electron chi connectivity index (χ3n) is 4.63. The number of rotatable bonds is 4. The Morgan fingerprint density at radius 1 is 1.12 bits per heavy atom. The third-order valence-corrected chi connectivity index (χ3v) is 4.63. The lowest BCUT2D eigenvalue weighted by Crippen LogP contribution is -2.48. The molecule has 0 amide bonds. The number of hydrogen-bond donors (Lipinski definition) is 1. The molecule has 0 unspecified atom stereocenters. The van der Waals surface area contributed by atoms with Crippen molar-refractivity contribution in [3.05, 3.63) is 48.0 Å². The zero-order valence-electron chi connectivity index (χ0n) is 16.5. The van der Waals surface area contributed by atoms with E-state index in [1.54, 1.807) is 0 Å². The molecule has 0 spiro atoms. The highest BCUT2D eigenvalue weighted by molar-refractivity contribution is 5.66. The average molecular weight is 354 g/mol. The number of fused-ring (bicyclic) bond motifs is 1. The summed E-state index contributed by atoms with van der Waals surface area (Å²) >= 11 is 0.